The molecule has 0 aromatic carbocycles. The fraction of sp³-hybridized carbons (Fsp3) is 0.900. The van der Waals surface area contributed by atoms with Gasteiger partial charge in [0.25, 0.3) is 10.2 Å². The molecule has 2 aliphatic heterocycles. The molecule has 2 aliphatic rings. The van der Waals surface area contributed by atoms with Crippen molar-refractivity contribution in [1.29, 1.82) is 0 Å². The molecule has 0 aromatic heterocycles. The lowest BCUT2D eigenvalue weighted by Crippen LogP contribution is -2.58. The van der Waals surface area contributed by atoms with Crippen LogP contribution < -0.4 is 10.9 Å². The van der Waals surface area contributed by atoms with Gasteiger partial charge in [0.2, 0.25) is 5.91 Å². The van der Waals surface area contributed by atoms with Gasteiger partial charge in [-0.2, -0.15) is 12.7 Å². The van der Waals surface area contributed by atoms with Crippen LogP contribution in [0.15, 0.2) is 0 Å². The summed E-state index contributed by atoms with van der Waals surface area (Å²) in [4.78, 5) is 14.1. The minimum absolute atomic E-state index is 0.0773. The van der Waals surface area contributed by atoms with Crippen molar-refractivity contribution in [2.24, 2.45) is 16.3 Å². The normalized spacial score (nSPS) is 33.6. The minimum Gasteiger partial charge on any atom is -0.379 e. The summed E-state index contributed by atoms with van der Waals surface area (Å²) in [6.07, 6.45) is 0. The summed E-state index contributed by atoms with van der Waals surface area (Å²) < 4.78 is 28.8. The van der Waals surface area contributed by atoms with Crippen LogP contribution in [-0.4, -0.2) is 69.0 Å². The SMILES string of the molecule is CC1(C(=O)N2CCN(S(N)(=O)=O)CC2)COCC1N. The van der Waals surface area contributed by atoms with Crippen LogP contribution in [0.3, 0.4) is 0 Å². The predicted octanol–water partition coefficient (Wildman–Crippen LogP) is -2.30. The Morgan fingerprint density at radius 2 is 1.89 bits per heavy atom. The Bertz CT molecular complexity index is 460. The third-order valence-corrected chi connectivity index (χ3v) is 4.98. The van der Waals surface area contributed by atoms with E-state index in [0.29, 0.717) is 26.3 Å². The molecule has 9 heteroatoms. The summed E-state index contributed by atoms with van der Waals surface area (Å²) in [6, 6.07) is -0.323. The third kappa shape index (κ3) is 2.75. The van der Waals surface area contributed by atoms with Crippen molar-refractivity contribution in [3.8, 4) is 0 Å². The zero-order valence-electron chi connectivity index (χ0n) is 10.9. The number of piperazine rings is 1. The van der Waals surface area contributed by atoms with Crippen molar-refractivity contribution in [2.75, 3.05) is 39.4 Å². The molecule has 2 rings (SSSR count). The highest BCUT2D eigenvalue weighted by Crippen LogP contribution is 2.29. The Morgan fingerprint density at radius 3 is 2.32 bits per heavy atom. The van der Waals surface area contributed by atoms with E-state index in [0.717, 1.165) is 0 Å². The first-order valence-corrected chi connectivity index (χ1v) is 7.66. The van der Waals surface area contributed by atoms with Gasteiger partial charge in [0, 0.05) is 32.2 Å². The number of hydrogen-bond acceptors (Lipinski definition) is 5. The van der Waals surface area contributed by atoms with Gasteiger partial charge in [-0.15, -0.1) is 0 Å². The highest BCUT2D eigenvalue weighted by molar-refractivity contribution is 7.86. The topological polar surface area (TPSA) is 119 Å². The molecule has 19 heavy (non-hydrogen) atoms. The molecule has 4 N–H and O–H groups in total. The van der Waals surface area contributed by atoms with E-state index < -0.39 is 15.6 Å². The van der Waals surface area contributed by atoms with Crippen LogP contribution in [0, 0.1) is 5.41 Å². The number of carbonyl (C=O) groups is 1. The minimum atomic E-state index is -3.67. The van der Waals surface area contributed by atoms with Crippen LogP contribution >= 0.6 is 0 Å². The van der Waals surface area contributed by atoms with Crippen molar-refractivity contribution in [3.05, 3.63) is 0 Å². The van der Waals surface area contributed by atoms with Crippen LogP contribution in [0.25, 0.3) is 0 Å². The number of amides is 1. The van der Waals surface area contributed by atoms with Crippen molar-refractivity contribution in [2.45, 2.75) is 13.0 Å². The lowest BCUT2D eigenvalue weighted by molar-refractivity contribution is -0.143. The first-order chi connectivity index (χ1) is 8.75. The molecule has 110 valence electrons. The Morgan fingerprint density at radius 1 is 1.32 bits per heavy atom. The maximum Gasteiger partial charge on any atom is 0.277 e. The molecule has 2 heterocycles. The second-order valence-corrected chi connectivity index (χ2v) is 6.82. The molecule has 2 unspecified atom stereocenters. The van der Waals surface area contributed by atoms with Gasteiger partial charge in [0.15, 0.2) is 0 Å². The molecule has 0 spiro atoms. The van der Waals surface area contributed by atoms with Gasteiger partial charge in [-0.1, -0.05) is 0 Å². The maximum absolute atomic E-state index is 12.5. The summed E-state index contributed by atoms with van der Waals surface area (Å²) in [5.74, 6) is -0.0773. The van der Waals surface area contributed by atoms with E-state index >= 15 is 0 Å². The summed E-state index contributed by atoms with van der Waals surface area (Å²) in [6.45, 7) is 3.57. The van der Waals surface area contributed by atoms with Gasteiger partial charge in [-0.05, 0) is 6.92 Å². The monoisotopic (exact) mass is 292 g/mol. The van der Waals surface area contributed by atoms with Crippen molar-refractivity contribution < 1.29 is 17.9 Å². The lowest BCUT2D eigenvalue weighted by atomic mass is 9.84. The molecule has 0 saturated carbocycles. The molecular formula is C10H20N4O4S. The lowest BCUT2D eigenvalue weighted by Gasteiger charge is -2.38. The second-order valence-electron chi connectivity index (χ2n) is 5.28. The summed E-state index contributed by atoms with van der Waals surface area (Å²) in [5.41, 5.74) is 5.20. The molecule has 0 aromatic rings. The molecule has 0 bridgehead atoms. The Kier molecular flexibility index (Phi) is 3.85. The number of ether oxygens (including phenoxy) is 1. The highest BCUT2D eigenvalue weighted by atomic mass is 32.2. The molecule has 8 nitrogen and oxygen atoms in total. The Balaban J connectivity index is 2.00. The summed E-state index contributed by atoms with van der Waals surface area (Å²) >= 11 is 0. The van der Waals surface area contributed by atoms with E-state index in [1.807, 2.05) is 0 Å². The largest absolute Gasteiger partial charge is 0.379 e. The third-order valence-electron chi connectivity index (χ3n) is 3.89. The molecule has 1 amide bonds. The van der Waals surface area contributed by atoms with Crippen LogP contribution in [0.4, 0.5) is 0 Å². The number of carbonyl (C=O) groups excluding carboxylic acids is 1. The van der Waals surface area contributed by atoms with E-state index in [9.17, 15) is 13.2 Å². The quantitative estimate of drug-likeness (QED) is 0.593. The molecule has 2 fully saturated rings. The first kappa shape index (κ1) is 14.7. The van der Waals surface area contributed by atoms with Gasteiger partial charge in [0.05, 0.1) is 18.6 Å². The van der Waals surface area contributed by atoms with Crippen molar-refractivity contribution in [1.82, 2.24) is 9.21 Å². The average Bonchev–Trinajstić information content (AvgIpc) is 2.69. The van der Waals surface area contributed by atoms with E-state index in [1.54, 1.807) is 11.8 Å². The van der Waals surface area contributed by atoms with E-state index in [2.05, 4.69) is 0 Å². The van der Waals surface area contributed by atoms with Crippen LogP contribution in [0.1, 0.15) is 6.92 Å². The van der Waals surface area contributed by atoms with Gasteiger partial charge in [-0.3, -0.25) is 4.79 Å². The van der Waals surface area contributed by atoms with E-state index in [-0.39, 0.29) is 25.0 Å². The first-order valence-electron chi connectivity index (χ1n) is 6.16. The number of nitrogens with two attached hydrogens (primary N) is 2. The molecule has 0 radical (unpaired) electrons. The van der Waals surface area contributed by atoms with Crippen molar-refractivity contribution in [3.63, 3.8) is 0 Å². The zero-order chi connectivity index (χ0) is 14.3. The smallest absolute Gasteiger partial charge is 0.277 e. The van der Waals surface area contributed by atoms with Crippen LogP contribution in [-0.2, 0) is 19.7 Å². The number of hydrogen-bond donors (Lipinski definition) is 2. The number of nitrogens with zero attached hydrogens (tertiary/aromatic N) is 2. The maximum atomic E-state index is 12.5. The zero-order valence-corrected chi connectivity index (χ0v) is 11.7. The molecular weight excluding hydrogens is 272 g/mol. The van der Waals surface area contributed by atoms with E-state index in [1.165, 1.54) is 4.31 Å². The molecule has 0 aliphatic carbocycles. The van der Waals surface area contributed by atoms with Gasteiger partial charge in [0.1, 0.15) is 0 Å². The number of rotatable bonds is 2. The molecule has 2 atom stereocenters. The van der Waals surface area contributed by atoms with Gasteiger partial charge >= 0.3 is 0 Å². The standard InChI is InChI=1S/C10H20N4O4S/c1-10(7-18-6-8(10)11)9(15)13-2-4-14(5-3-13)19(12,16)17/h8H,2-7,11H2,1H3,(H2,12,16,17). The molecule has 2 saturated heterocycles. The fourth-order valence-electron chi connectivity index (χ4n) is 2.42. The average molecular weight is 292 g/mol. The Hall–Kier alpha value is -0.740. The Labute approximate surface area is 112 Å². The van der Waals surface area contributed by atoms with Crippen molar-refractivity contribution >= 4 is 16.1 Å². The highest BCUT2D eigenvalue weighted by Gasteiger charge is 2.47. The van der Waals surface area contributed by atoms with Crippen LogP contribution in [0.5, 0.6) is 0 Å². The van der Waals surface area contributed by atoms with Crippen LogP contribution in [0.2, 0.25) is 0 Å². The summed E-state index contributed by atoms with van der Waals surface area (Å²) in [7, 11) is -3.67. The fourth-order valence-corrected chi connectivity index (χ4v) is 3.09. The predicted molar refractivity (Wildman–Crippen MR) is 68.2 cm³/mol. The second kappa shape index (κ2) is 4.98. The van der Waals surface area contributed by atoms with Gasteiger partial charge in [-0.25, -0.2) is 5.14 Å². The van der Waals surface area contributed by atoms with Gasteiger partial charge < -0.3 is 15.4 Å². The van der Waals surface area contributed by atoms with E-state index in [4.69, 9.17) is 15.6 Å². The summed E-state index contributed by atoms with van der Waals surface area (Å²) in [5, 5.41) is 5.06.